The number of nitrogens with zero attached hydrogens (tertiary/aromatic N) is 4. The number of anilines is 1. The Bertz CT molecular complexity index is 1610. The van der Waals surface area contributed by atoms with Crippen molar-refractivity contribution >= 4 is 50.1 Å². The first kappa shape index (κ1) is 19.7. The first-order valence-corrected chi connectivity index (χ1v) is 11.2. The van der Waals surface area contributed by atoms with Gasteiger partial charge in [0.25, 0.3) is 0 Å². The van der Waals surface area contributed by atoms with Gasteiger partial charge in [-0.3, -0.25) is 4.98 Å². The number of fused-ring (bicyclic) bond motifs is 4. The van der Waals surface area contributed by atoms with Gasteiger partial charge in [0.1, 0.15) is 11.3 Å². The van der Waals surface area contributed by atoms with E-state index in [1.165, 1.54) is 0 Å². The van der Waals surface area contributed by atoms with Gasteiger partial charge in [-0.25, -0.2) is 9.67 Å². The van der Waals surface area contributed by atoms with Crippen molar-refractivity contribution < 1.29 is 0 Å². The first-order valence-electron chi connectivity index (χ1n) is 10.9. The summed E-state index contributed by atoms with van der Waals surface area (Å²) in [5, 5.41) is 12.2. The average Bonchev–Trinajstić information content (AvgIpc) is 3.30. The second-order valence-corrected chi connectivity index (χ2v) is 8.39. The Hall–Kier alpha value is -3.96. The summed E-state index contributed by atoms with van der Waals surface area (Å²) in [4.78, 5) is 9.66. The van der Waals surface area contributed by atoms with Crippen molar-refractivity contribution in [2.75, 3.05) is 11.9 Å². The lowest BCUT2D eigenvalue weighted by atomic mass is 10.1. The highest BCUT2D eigenvalue weighted by Gasteiger charge is 2.14. The van der Waals surface area contributed by atoms with E-state index in [9.17, 15) is 0 Å². The zero-order chi connectivity index (χ0) is 22.2. The van der Waals surface area contributed by atoms with E-state index < -0.39 is 0 Å². The lowest BCUT2D eigenvalue weighted by Gasteiger charge is -2.08. The number of hydrogen-bond acceptors (Lipinski definition) is 4. The fourth-order valence-electron chi connectivity index (χ4n) is 4.16. The summed E-state index contributed by atoms with van der Waals surface area (Å²) in [5.74, 6) is 0.855. The van der Waals surface area contributed by atoms with Crippen LogP contribution in [0.3, 0.4) is 0 Å². The minimum absolute atomic E-state index is 0.668. The summed E-state index contributed by atoms with van der Waals surface area (Å²) in [6.45, 7) is 0.704. The van der Waals surface area contributed by atoms with Gasteiger partial charge in [-0.05, 0) is 48.5 Å². The fraction of sp³-hybridized carbons (Fsp3) is 0.0741. The molecule has 0 fully saturated rings. The minimum Gasteiger partial charge on any atom is -0.370 e. The van der Waals surface area contributed by atoms with E-state index in [1.807, 2.05) is 77.5 Å². The maximum absolute atomic E-state index is 6.27. The van der Waals surface area contributed by atoms with Crippen LogP contribution in [0.25, 0.3) is 38.4 Å². The molecule has 0 saturated heterocycles. The quantitative estimate of drug-likeness (QED) is 0.329. The third-order valence-electron chi connectivity index (χ3n) is 5.78. The van der Waals surface area contributed by atoms with E-state index in [2.05, 4.69) is 23.6 Å². The van der Waals surface area contributed by atoms with Crippen molar-refractivity contribution in [1.29, 1.82) is 0 Å². The van der Waals surface area contributed by atoms with Crippen LogP contribution in [0.15, 0.2) is 91.1 Å². The van der Waals surface area contributed by atoms with Gasteiger partial charge in [0, 0.05) is 40.3 Å². The molecule has 0 aliphatic heterocycles. The summed E-state index contributed by atoms with van der Waals surface area (Å²) in [6, 6.07) is 28.1. The van der Waals surface area contributed by atoms with Crippen molar-refractivity contribution in [2.45, 2.75) is 6.42 Å². The number of aromatic nitrogens is 4. The average molecular weight is 450 g/mol. The normalized spacial score (nSPS) is 11.4. The van der Waals surface area contributed by atoms with E-state index in [4.69, 9.17) is 26.7 Å². The molecule has 6 aromatic rings. The molecule has 0 unspecified atom stereocenters. The summed E-state index contributed by atoms with van der Waals surface area (Å²) in [7, 11) is 0. The summed E-state index contributed by atoms with van der Waals surface area (Å²) in [5.41, 5.74) is 4.76. The molecule has 0 amide bonds. The van der Waals surface area contributed by atoms with Crippen LogP contribution in [-0.2, 0) is 6.42 Å². The molecule has 0 atom stereocenters. The number of nitrogens with one attached hydrogen (secondary N) is 1. The molecule has 6 heteroatoms. The van der Waals surface area contributed by atoms with Gasteiger partial charge in [-0.15, -0.1) is 0 Å². The number of hydrogen-bond donors (Lipinski definition) is 1. The van der Waals surface area contributed by atoms with Crippen molar-refractivity contribution in [3.05, 3.63) is 102 Å². The fourth-order valence-corrected chi connectivity index (χ4v) is 4.33. The first-order chi connectivity index (χ1) is 16.2. The van der Waals surface area contributed by atoms with Crippen molar-refractivity contribution in [3.8, 4) is 5.69 Å². The molecule has 1 N–H and O–H groups in total. The molecule has 6 rings (SSSR count). The predicted molar refractivity (Wildman–Crippen MR) is 135 cm³/mol. The van der Waals surface area contributed by atoms with Gasteiger partial charge in [0.2, 0.25) is 0 Å². The van der Waals surface area contributed by atoms with Gasteiger partial charge in [0.05, 0.1) is 22.4 Å². The van der Waals surface area contributed by atoms with Crippen LogP contribution >= 0.6 is 11.6 Å². The monoisotopic (exact) mass is 449 g/mol. The molecule has 160 valence electrons. The van der Waals surface area contributed by atoms with E-state index in [0.29, 0.717) is 11.6 Å². The van der Waals surface area contributed by atoms with Crippen LogP contribution in [0.2, 0.25) is 5.02 Å². The van der Waals surface area contributed by atoms with E-state index >= 15 is 0 Å². The molecular weight excluding hydrogens is 430 g/mol. The van der Waals surface area contributed by atoms with Crippen LogP contribution in [0.4, 0.5) is 5.82 Å². The van der Waals surface area contributed by atoms with E-state index in [1.54, 1.807) is 0 Å². The number of benzene rings is 3. The van der Waals surface area contributed by atoms with Gasteiger partial charge in [-0.1, -0.05) is 48.0 Å². The number of pyridine rings is 2. The third kappa shape index (κ3) is 3.77. The molecule has 0 aliphatic rings. The van der Waals surface area contributed by atoms with E-state index in [0.717, 1.165) is 56.3 Å². The minimum atomic E-state index is 0.668. The summed E-state index contributed by atoms with van der Waals surface area (Å²) >= 11 is 6.27. The Labute approximate surface area is 195 Å². The number of para-hydroxylation sites is 2. The predicted octanol–water partition coefficient (Wildman–Crippen LogP) is 6.43. The molecular formula is C27H20ClN5. The maximum Gasteiger partial charge on any atom is 0.126 e. The molecule has 5 nitrogen and oxygen atoms in total. The summed E-state index contributed by atoms with van der Waals surface area (Å²) < 4.78 is 1.92. The SMILES string of the molecule is Clc1ccc2c(c1)nc(CCNc1ccc3ccccc3n1)c1cn(-c3ccccc3)nc12. The van der Waals surface area contributed by atoms with Crippen LogP contribution in [0.1, 0.15) is 5.69 Å². The molecule has 3 aromatic carbocycles. The Morgan fingerprint density at radius 2 is 1.64 bits per heavy atom. The topological polar surface area (TPSA) is 55.6 Å². The summed E-state index contributed by atoms with van der Waals surface area (Å²) in [6.07, 6.45) is 2.79. The highest BCUT2D eigenvalue weighted by Crippen LogP contribution is 2.29. The molecule has 0 radical (unpaired) electrons. The highest BCUT2D eigenvalue weighted by molar-refractivity contribution is 6.31. The lowest BCUT2D eigenvalue weighted by Crippen LogP contribution is -2.07. The zero-order valence-electron chi connectivity index (χ0n) is 17.7. The molecule has 0 aliphatic carbocycles. The van der Waals surface area contributed by atoms with Gasteiger partial charge in [0.15, 0.2) is 0 Å². The van der Waals surface area contributed by atoms with Crippen molar-refractivity contribution in [1.82, 2.24) is 19.7 Å². The zero-order valence-corrected chi connectivity index (χ0v) is 18.5. The Morgan fingerprint density at radius 3 is 2.55 bits per heavy atom. The smallest absolute Gasteiger partial charge is 0.126 e. The Balaban J connectivity index is 1.36. The van der Waals surface area contributed by atoms with Crippen molar-refractivity contribution in [2.24, 2.45) is 0 Å². The number of rotatable bonds is 5. The maximum atomic E-state index is 6.27. The molecule has 3 aromatic heterocycles. The van der Waals surface area contributed by atoms with Crippen LogP contribution in [0, 0.1) is 0 Å². The standard InChI is InChI=1S/C27H20ClN5/c28-19-11-12-21-25(16-19)30-24(22-17-33(32-27(21)22)20-7-2-1-3-8-20)14-15-29-26-13-10-18-6-4-5-9-23(18)31-26/h1-13,16-17H,14-15H2,(H,29,31). The molecule has 0 bridgehead atoms. The molecule has 0 saturated carbocycles. The molecule has 0 spiro atoms. The van der Waals surface area contributed by atoms with Gasteiger partial charge >= 0.3 is 0 Å². The Morgan fingerprint density at radius 1 is 0.788 bits per heavy atom. The molecule has 3 heterocycles. The second-order valence-electron chi connectivity index (χ2n) is 7.96. The van der Waals surface area contributed by atoms with Gasteiger partial charge in [-0.2, -0.15) is 5.10 Å². The van der Waals surface area contributed by atoms with Crippen LogP contribution in [0.5, 0.6) is 0 Å². The van der Waals surface area contributed by atoms with Gasteiger partial charge < -0.3 is 5.32 Å². The largest absolute Gasteiger partial charge is 0.370 e. The highest BCUT2D eigenvalue weighted by atomic mass is 35.5. The second kappa shape index (κ2) is 8.19. The van der Waals surface area contributed by atoms with Crippen molar-refractivity contribution in [3.63, 3.8) is 0 Å². The van der Waals surface area contributed by atoms with E-state index in [-0.39, 0.29) is 0 Å². The number of halogens is 1. The lowest BCUT2D eigenvalue weighted by molar-refractivity contribution is 0.897. The third-order valence-corrected chi connectivity index (χ3v) is 6.02. The molecule has 33 heavy (non-hydrogen) atoms. The van der Waals surface area contributed by atoms with Crippen LogP contribution < -0.4 is 5.32 Å². The van der Waals surface area contributed by atoms with Crippen LogP contribution in [-0.4, -0.2) is 26.3 Å². The Kier molecular flexibility index (Phi) is 4.89.